The lowest BCUT2D eigenvalue weighted by molar-refractivity contribution is -0.385. The van der Waals surface area contributed by atoms with Crippen molar-refractivity contribution in [3.05, 3.63) is 133 Å². The van der Waals surface area contributed by atoms with E-state index in [-0.39, 0.29) is 64.1 Å². The molecule has 2 atom stereocenters. The quantitative estimate of drug-likeness (QED) is 0.0181. The van der Waals surface area contributed by atoms with Crippen molar-refractivity contribution in [2.24, 2.45) is 0 Å². The second-order valence-electron chi connectivity index (χ2n) is 23.6. The van der Waals surface area contributed by atoms with Crippen LogP contribution >= 0.6 is 45.5 Å². The van der Waals surface area contributed by atoms with Gasteiger partial charge in [-0.15, -0.1) is 0 Å². The average molecular weight is 1360 g/mol. The number of nitrogen functional groups attached to an aromatic ring is 1. The number of benzene rings is 2. The van der Waals surface area contributed by atoms with Gasteiger partial charge in [-0.05, 0) is 155 Å². The van der Waals surface area contributed by atoms with Crippen LogP contribution in [0, 0.1) is 20.2 Å². The smallest absolute Gasteiger partial charge is 0.407 e. The fourth-order valence-electron chi connectivity index (χ4n) is 8.65. The Balaban J connectivity index is 0.000000306. The van der Waals surface area contributed by atoms with Crippen LogP contribution in [0.15, 0.2) is 85.3 Å². The third kappa shape index (κ3) is 33.6. The van der Waals surface area contributed by atoms with Crippen LogP contribution in [0.4, 0.5) is 43.1 Å². The van der Waals surface area contributed by atoms with Crippen molar-refractivity contribution in [2.45, 2.75) is 175 Å². The number of nitrogens with two attached hydrogens (primary N) is 1. The summed E-state index contributed by atoms with van der Waals surface area (Å²) < 4.78 is 35.8. The molecule has 0 bridgehead atoms. The van der Waals surface area contributed by atoms with E-state index >= 15 is 0 Å². The van der Waals surface area contributed by atoms with Gasteiger partial charge >= 0.3 is 18.3 Å². The summed E-state index contributed by atoms with van der Waals surface area (Å²) in [5.41, 5.74) is 4.66. The molecule has 1 saturated carbocycles. The molecule has 31 heteroatoms. The summed E-state index contributed by atoms with van der Waals surface area (Å²) in [7, 11) is 1.60. The summed E-state index contributed by atoms with van der Waals surface area (Å²) in [6, 6.07) is 18.3. The van der Waals surface area contributed by atoms with Crippen LogP contribution in [-0.4, -0.2) is 133 Å². The standard InChI is InChI=1S/C21H27N5O4.C14H21ClN4O2.C11H21NO2.C6H6N2O2.C4H2Cl2N2.C3H7ClO2S/c1-21(2,3)30-20(27)23-16-8-6-12-25(14-16)19-10-11-22-18(24-19)13-15-7-4-5-9-17(15)26(28)29;1-14(2,3)21-13(20)17-10-5-4-8-19(9-10)11-6-7-16-12(15)18-11;1-11(2,3)14-10(13)12-9-7-5-4-6-8-9;7-5-3-1-2-4-6(5)8(9)10;5-3-1-2-7-4(6)8-3;1-2-3-7(4,5)6/h4-5,7,9-11,16H,6,8,12-14H2,1-3H3,(H,23,27);6-7,10H,4-5,8-9H2,1-3H3,(H,17,20);9H,4-8H2,1-3H3,(H,12,13);1-4H,7H2;1-2H;2-3H2,1H3. The Labute approximate surface area is 546 Å². The molecular formula is C59H84Cl4N14O12S. The first kappa shape index (κ1) is 77.0. The van der Waals surface area contributed by atoms with Crippen LogP contribution in [0.2, 0.25) is 15.7 Å². The molecule has 5 N–H and O–H groups in total. The lowest BCUT2D eigenvalue weighted by atomic mass is 9.96. The van der Waals surface area contributed by atoms with E-state index in [1.165, 1.54) is 43.7 Å². The summed E-state index contributed by atoms with van der Waals surface area (Å²) in [6.45, 7) is 21.5. The Morgan fingerprint density at radius 1 is 0.600 bits per heavy atom. The number of amides is 3. The maximum Gasteiger partial charge on any atom is 0.407 e. The second kappa shape index (κ2) is 37.8. The van der Waals surface area contributed by atoms with E-state index in [1.807, 2.05) is 74.4 Å². The number of aromatic nitrogens is 6. The number of hydrogen-bond donors (Lipinski definition) is 4. The van der Waals surface area contributed by atoms with Gasteiger partial charge in [0.15, 0.2) is 0 Å². The molecule has 5 heterocycles. The molecule has 3 aromatic heterocycles. The third-order valence-electron chi connectivity index (χ3n) is 12.3. The number of halogens is 4. The number of carbonyl (C=O) groups is 3. The first-order valence-electron chi connectivity index (χ1n) is 29.1. The van der Waals surface area contributed by atoms with Gasteiger partial charge in [0.2, 0.25) is 19.6 Å². The molecule has 90 heavy (non-hydrogen) atoms. The normalized spacial score (nSPS) is 15.8. The highest BCUT2D eigenvalue weighted by Gasteiger charge is 2.28. The Morgan fingerprint density at radius 2 is 1.02 bits per heavy atom. The lowest BCUT2D eigenvalue weighted by Crippen LogP contribution is -2.49. The molecule has 0 spiro atoms. The molecule has 496 valence electrons. The topological polar surface area (TPSA) is 345 Å². The maximum atomic E-state index is 12.1. The summed E-state index contributed by atoms with van der Waals surface area (Å²) in [4.78, 5) is 84.2. The second-order valence-corrected chi connectivity index (χ2v) is 27.6. The van der Waals surface area contributed by atoms with Crippen LogP contribution < -0.4 is 31.5 Å². The van der Waals surface area contributed by atoms with Crippen LogP contribution in [0.1, 0.15) is 145 Å². The van der Waals surface area contributed by atoms with Crippen molar-refractivity contribution in [1.82, 2.24) is 45.9 Å². The van der Waals surface area contributed by atoms with Crippen LogP contribution in [0.25, 0.3) is 0 Å². The summed E-state index contributed by atoms with van der Waals surface area (Å²) in [5.74, 6) is 2.12. The minimum absolute atomic E-state index is 0.0394. The molecule has 2 aromatic carbocycles. The number of nitrogens with one attached hydrogen (secondary N) is 3. The molecule has 8 rings (SSSR count). The van der Waals surface area contributed by atoms with E-state index in [2.05, 4.69) is 55.7 Å². The van der Waals surface area contributed by atoms with Crippen LogP contribution in [-0.2, 0) is 29.7 Å². The Morgan fingerprint density at radius 3 is 1.42 bits per heavy atom. The summed E-state index contributed by atoms with van der Waals surface area (Å²) in [5, 5.41) is 30.9. The fourth-order valence-corrected chi connectivity index (χ4v) is 10.1. The summed E-state index contributed by atoms with van der Waals surface area (Å²) in [6.07, 6.45) is 14.2. The Kier molecular flexibility index (Phi) is 32.4. The van der Waals surface area contributed by atoms with E-state index in [1.54, 1.807) is 55.7 Å². The van der Waals surface area contributed by atoms with E-state index in [0.717, 1.165) is 63.3 Å². The predicted molar refractivity (Wildman–Crippen MR) is 350 cm³/mol. The number of carbonyl (C=O) groups excluding carboxylic acids is 3. The van der Waals surface area contributed by atoms with E-state index < -0.39 is 41.8 Å². The van der Waals surface area contributed by atoms with Crippen molar-refractivity contribution >= 4 is 102 Å². The monoisotopic (exact) mass is 1350 g/mol. The minimum atomic E-state index is -3.20. The zero-order valence-electron chi connectivity index (χ0n) is 52.5. The number of hydrogen-bond acceptors (Lipinski definition) is 21. The number of nitro benzene ring substituents is 2. The molecule has 3 aliphatic rings. The largest absolute Gasteiger partial charge is 0.444 e. The lowest BCUT2D eigenvalue weighted by Gasteiger charge is -2.34. The molecule has 26 nitrogen and oxygen atoms in total. The Hall–Kier alpha value is -7.20. The van der Waals surface area contributed by atoms with Crippen molar-refractivity contribution in [3.63, 3.8) is 0 Å². The van der Waals surface area contributed by atoms with Gasteiger partial charge in [0.1, 0.15) is 45.1 Å². The maximum absolute atomic E-state index is 12.1. The first-order chi connectivity index (χ1) is 42.1. The van der Waals surface area contributed by atoms with Crippen molar-refractivity contribution in [3.8, 4) is 0 Å². The summed E-state index contributed by atoms with van der Waals surface area (Å²) >= 11 is 16.6. The van der Waals surface area contributed by atoms with Gasteiger partial charge in [-0.3, -0.25) is 20.2 Å². The van der Waals surface area contributed by atoms with Crippen molar-refractivity contribution in [1.29, 1.82) is 0 Å². The van der Waals surface area contributed by atoms with Gasteiger partial charge in [0.05, 0.1) is 15.6 Å². The van der Waals surface area contributed by atoms with Gasteiger partial charge in [0.25, 0.3) is 11.4 Å². The van der Waals surface area contributed by atoms with E-state index in [0.29, 0.717) is 42.1 Å². The highest BCUT2D eigenvalue weighted by atomic mass is 35.7. The average Bonchev–Trinajstić information content (AvgIpc) is 1.97. The molecule has 0 radical (unpaired) electrons. The predicted octanol–water partition coefficient (Wildman–Crippen LogP) is 12.9. The molecule has 2 unspecified atom stereocenters. The van der Waals surface area contributed by atoms with E-state index in [4.69, 9.17) is 65.4 Å². The molecule has 3 amide bonds. The molecule has 2 aliphatic heterocycles. The molecule has 5 aromatic rings. The van der Waals surface area contributed by atoms with Gasteiger partial charge in [-0.25, -0.2) is 52.7 Å². The number of anilines is 3. The van der Waals surface area contributed by atoms with Crippen LogP contribution in [0.5, 0.6) is 0 Å². The minimum Gasteiger partial charge on any atom is -0.444 e. The number of alkyl carbamates (subject to hydrolysis) is 3. The first-order valence-corrected chi connectivity index (χ1v) is 32.8. The number of para-hydroxylation sites is 3. The molecular weight excluding hydrogens is 1270 g/mol. The highest BCUT2D eigenvalue weighted by Crippen LogP contribution is 2.25. The third-order valence-corrected chi connectivity index (χ3v) is 14.2. The van der Waals surface area contributed by atoms with Gasteiger partial charge < -0.3 is 45.7 Å². The van der Waals surface area contributed by atoms with Gasteiger partial charge in [0, 0.05) is 97.7 Å². The number of rotatable bonds is 11. The SMILES string of the molecule is CC(C)(C)OC(=O)NC1CCCCC1.CC(C)(C)OC(=O)NC1CCCN(c2ccnc(Cc3ccccc3[N+](=O)[O-])n2)C1.CC(C)(C)OC(=O)NC1CCCN(c2ccnc(Cl)n2)C1.CCCS(=O)(=O)Cl.Clc1ccnc(Cl)n1.Nc1ccccc1[N+](=O)[O-]. The number of nitro groups is 2. The Bertz CT molecular complexity index is 3170. The van der Waals surface area contributed by atoms with Gasteiger partial charge in [-0.1, -0.05) is 68.1 Å². The number of piperidine rings is 2. The molecule has 2 saturated heterocycles. The number of nitrogens with zero attached hydrogens (tertiary/aromatic N) is 10. The molecule has 1 aliphatic carbocycles. The molecule has 3 fully saturated rings. The highest BCUT2D eigenvalue weighted by molar-refractivity contribution is 8.13. The fraction of sp³-hybridized carbons (Fsp3) is 0.542. The zero-order valence-corrected chi connectivity index (χ0v) is 56.3. The zero-order chi connectivity index (χ0) is 67.2. The van der Waals surface area contributed by atoms with Crippen molar-refractivity contribution < 1.29 is 46.9 Å². The van der Waals surface area contributed by atoms with Crippen LogP contribution in [0.3, 0.4) is 0 Å². The number of ether oxygens (including phenoxy) is 3. The van der Waals surface area contributed by atoms with E-state index in [9.17, 15) is 43.0 Å². The van der Waals surface area contributed by atoms with Crippen molar-refractivity contribution in [2.75, 3.05) is 47.5 Å². The van der Waals surface area contributed by atoms with Gasteiger partial charge in [-0.2, -0.15) is 0 Å².